The van der Waals surface area contributed by atoms with Gasteiger partial charge in [0.2, 0.25) is 4.96 Å². The number of rotatable bonds is 4. The monoisotopic (exact) mass is 341 g/mol. The van der Waals surface area contributed by atoms with E-state index in [-0.39, 0.29) is 5.69 Å². The van der Waals surface area contributed by atoms with E-state index in [9.17, 15) is 10.1 Å². The molecule has 0 spiro atoms. The molecule has 0 aliphatic carbocycles. The number of furan rings is 1. The fraction of sp³-hybridized carbons (Fsp3) is 0.133. The number of fused-ring (bicyclic) bond motifs is 1. The molecule has 0 aliphatic rings. The Labute approximate surface area is 139 Å². The molecular weight excluding hydrogens is 330 g/mol. The predicted molar refractivity (Wildman–Crippen MR) is 87.8 cm³/mol. The summed E-state index contributed by atoms with van der Waals surface area (Å²) in [6.07, 6.45) is 0.747. The number of aryl methyl sites for hydroxylation is 1. The van der Waals surface area contributed by atoms with Crippen LogP contribution in [0, 0.1) is 10.1 Å². The Morgan fingerprint density at radius 1 is 1.17 bits per heavy atom. The molecule has 0 bridgehead atoms. The van der Waals surface area contributed by atoms with E-state index in [1.807, 2.05) is 19.1 Å². The van der Waals surface area contributed by atoms with Gasteiger partial charge in [-0.3, -0.25) is 10.1 Å². The third-order valence-corrected chi connectivity index (χ3v) is 4.46. The first-order valence-corrected chi connectivity index (χ1v) is 8.03. The lowest BCUT2D eigenvalue weighted by molar-refractivity contribution is -0.384. The normalized spacial score (nSPS) is 11.2. The molecule has 24 heavy (non-hydrogen) atoms. The largest absolute Gasteiger partial charge is 0.454 e. The smallest absolute Gasteiger partial charge is 0.269 e. The van der Waals surface area contributed by atoms with E-state index in [1.165, 1.54) is 23.5 Å². The molecule has 0 saturated heterocycles. The van der Waals surface area contributed by atoms with Crippen LogP contribution in [0.3, 0.4) is 0 Å². The summed E-state index contributed by atoms with van der Waals surface area (Å²) in [4.78, 5) is 11.0. The summed E-state index contributed by atoms with van der Waals surface area (Å²) in [5, 5.41) is 24.1. The maximum atomic E-state index is 10.7. The Balaban J connectivity index is 1.68. The number of aromatic nitrogens is 4. The average molecular weight is 341 g/mol. The van der Waals surface area contributed by atoms with Gasteiger partial charge in [-0.05, 0) is 24.3 Å². The Morgan fingerprint density at radius 2 is 1.92 bits per heavy atom. The van der Waals surface area contributed by atoms with Crippen LogP contribution in [-0.4, -0.2) is 24.7 Å². The second kappa shape index (κ2) is 5.53. The zero-order valence-electron chi connectivity index (χ0n) is 12.5. The number of hydrogen-bond acceptors (Lipinski definition) is 7. The van der Waals surface area contributed by atoms with Gasteiger partial charge in [0.1, 0.15) is 5.76 Å². The van der Waals surface area contributed by atoms with Crippen LogP contribution < -0.4 is 0 Å². The minimum absolute atomic E-state index is 0.0475. The van der Waals surface area contributed by atoms with E-state index in [0.717, 1.165) is 22.8 Å². The van der Waals surface area contributed by atoms with Gasteiger partial charge in [-0.15, -0.1) is 15.3 Å². The lowest BCUT2D eigenvalue weighted by Gasteiger charge is -1.96. The first-order valence-electron chi connectivity index (χ1n) is 7.22. The van der Waals surface area contributed by atoms with Gasteiger partial charge in [0, 0.05) is 24.1 Å². The number of nitro benzene ring substituents is 1. The molecule has 0 atom stereocenters. The van der Waals surface area contributed by atoms with Crippen molar-refractivity contribution in [1.29, 1.82) is 0 Å². The van der Waals surface area contributed by atoms with Crippen LogP contribution in [0.4, 0.5) is 5.69 Å². The molecule has 0 amide bonds. The lowest BCUT2D eigenvalue weighted by atomic mass is 10.1. The number of benzene rings is 1. The van der Waals surface area contributed by atoms with E-state index in [4.69, 9.17) is 4.42 Å². The third-order valence-electron chi connectivity index (χ3n) is 3.55. The van der Waals surface area contributed by atoms with Crippen molar-refractivity contribution in [3.8, 4) is 22.1 Å². The van der Waals surface area contributed by atoms with Crippen LogP contribution >= 0.6 is 11.3 Å². The highest BCUT2D eigenvalue weighted by molar-refractivity contribution is 7.19. The summed E-state index contributed by atoms with van der Waals surface area (Å²) in [6, 6.07) is 9.87. The molecule has 0 aliphatic heterocycles. The fourth-order valence-electron chi connectivity index (χ4n) is 2.33. The summed E-state index contributed by atoms with van der Waals surface area (Å²) in [5.41, 5.74) is 0.815. The predicted octanol–water partition coefficient (Wildman–Crippen LogP) is 3.58. The topological polar surface area (TPSA) is 99.4 Å². The molecule has 4 aromatic rings. The van der Waals surface area contributed by atoms with Crippen LogP contribution in [0.15, 0.2) is 40.8 Å². The molecule has 0 fully saturated rings. The van der Waals surface area contributed by atoms with E-state index >= 15 is 0 Å². The van der Waals surface area contributed by atoms with Gasteiger partial charge in [0.25, 0.3) is 5.69 Å². The second-order valence-corrected chi connectivity index (χ2v) is 6.00. The van der Waals surface area contributed by atoms with Crippen molar-refractivity contribution in [2.75, 3.05) is 0 Å². The van der Waals surface area contributed by atoms with E-state index < -0.39 is 4.92 Å². The molecule has 8 nitrogen and oxygen atoms in total. The molecule has 120 valence electrons. The van der Waals surface area contributed by atoms with Crippen LogP contribution in [0.5, 0.6) is 0 Å². The van der Waals surface area contributed by atoms with Crippen LogP contribution in [-0.2, 0) is 6.42 Å². The van der Waals surface area contributed by atoms with Gasteiger partial charge >= 0.3 is 0 Å². The van der Waals surface area contributed by atoms with E-state index in [1.54, 1.807) is 16.6 Å². The fourth-order valence-corrected chi connectivity index (χ4v) is 3.15. The Kier molecular flexibility index (Phi) is 3.35. The first-order chi connectivity index (χ1) is 11.7. The zero-order chi connectivity index (χ0) is 16.7. The van der Waals surface area contributed by atoms with Crippen LogP contribution in [0.25, 0.3) is 27.1 Å². The average Bonchev–Trinajstić information content (AvgIpc) is 3.29. The van der Waals surface area contributed by atoms with Crippen molar-refractivity contribution < 1.29 is 9.34 Å². The van der Waals surface area contributed by atoms with Gasteiger partial charge < -0.3 is 4.42 Å². The number of nitrogens with zero attached hydrogens (tertiary/aromatic N) is 5. The van der Waals surface area contributed by atoms with Crippen LogP contribution in [0.2, 0.25) is 0 Å². The highest BCUT2D eigenvalue weighted by Gasteiger charge is 2.15. The highest BCUT2D eigenvalue weighted by atomic mass is 32.1. The molecule has 1 aromatic carbocycles. The summed E-state index contributed by atoms with van der Waals surface area (Å²) >= 11 is 1.40. The Morgan fingerprint density at radius 3 is 2.62 bits per heavy atom. The molecule has 9 heteroatoms. The summed E-state index contributed by atoms with van der Waals surface area (Å²) in [5.74, 6) is 2.05. The zero-order valence-corrected chi connectivity index (χ0v) is 13.4. The lowest BCUT2D eigenvalue weighted by Crippen LogP contribution is -1.92. The molecule has 4 rings (SSSR count). The quantitative estimate of drug-likeness (QED) is 0.415. The molecular formula is C15H11N5O3S. The number of non-ortho nitro benzene ring substituents is 1. The summed E-state index contributed by atoms with van der Waals surface area (Å²) in [6.45, 7) is 2.00. The molecule has 3 aromatic heterocycles. The molecule has 0 radical (unpaired) electrons. The summed E-state index contributed by atoms with van der Waals surface area (Å²) < 4.78 is 7.56. The number of nitro groups is 1. The third kappa shape index (κ3) is 2.35. The Hall–Kier alpha value is -3.07. The van der Waals surface area contributed by atoms with Crippen LogP contribution in [0.1, 0.15) is 12.7 Å². The minimum Gasteiger partial charge on any atom is -0.454 e. The Bertz CT molecular complexity index is 1030. The minimum atomic E-state index is -0.429. The maximum Gasteiger partial charge on any atom is 0.269 e. The van der Waals surface area contributed by atoms with Crippen molar-refractivity contribution in [3.63, 3.8) is 0 Å². The van der Waals surface area contributed by atoms with Crippen molar-refractivity contribution in [1.82, 2.24) is 19.8 Å². The van der Waals surface area contributed by atoms with Crippen molar-refractivity contribution in [3.05, 3.63) is 52.3 Å². The second-order valence-electron chi connectivity index (χ2n) is 5.04. The molecule has 0 saturated carbocycles. The molecule has 0 unspecified atom stereocenters. The van der Waals surface area contributed by atoms with Gasteiger partial charge in [0.05, 0.1) is 4.92 Å². The highest BCUT2D eigenvalue weighted by Crippen LogP contribution is 2.31. The van der Waals surface area contributed by atoms with Gasteiger partial charge in [-0.25, -0.2) is 0 Å². The van der Waals surface area contributed by atoms with Crippen molar-refractivity contribution >= 4 is 22.0 Å². The molecule has 3 heterocycles. The first kappa shape index (κ1) is 14.5. The standard InChI is InChI=1S/C15H11N5O3S/c1-2-13-16-17-15-19(13)18-14(24-15)12-8-7-11(23-12)9-3-5-10(6-4-9)20(21)22/h3-8H,2H2,1H3. The van der Waals surface area contributed by atoms with Gasteiger partial charge in [-0.1, -0.05) is 18.3 Å². The molecule has 0 N–H and O–H groups in total. The van der Waals surface area contributed by atoms with Crippen molar-refractivity contribution in [2.24, 2.45) is 0 Å². The van der Waals surface area contributed by atoms with E-state index in [2.05, 4.69) is 15.3 Å². The van der Waals surface area contributed by atoms with E-state index in [0.29, 0.717) is 16.5 Å². The van der Waals surface area contributed by atoms with Crippen molar-refractivity contribution in [2.45, 2.75) is 13.3 Å². The van der Waals surface area contributed by atoms with Gasteiger partial charge in [-0.2, -0.15) is 4.52 Å². The maximum absolute atomic E-state index is 10.7. The number of hydrogen-bond donors (Lipinski definition) is 0. The summed E-state index contributed by atoms with van der Waals surface area (Å²) in [7, 11) is 0. The van der Waals surface area contributed by atoms with Gasteiger partial charge in [0.15, 0.2) is 16.6 Å². The SMILES string of the molecule is CCc1nnc2sc(-c3ccc(-c4ccc([N+](=O)[O-])cc4)o3)nn12.